The fourth-order valence-electron chi connectivity index (χ4n) is 2.48. The molecule has 1 heterocycles. The first-order valence-corrected chi connectivity index (χ1v) is 14.5. The Labute approximate surface area is 195 Å². The summed E-state index contributed by atoms with van der Waals surface area (Å²) in [5.41, 5.74) is 8.43. The first-order valence-electron chi connectivity index (χ1n) is 8.50. The van der Waals surface area contributed by atoms with Gasteiger partial charge in [-0.25, -0.2) is 14.4 Å². The molecular formula is C19H18Cl3FN4O2Pt. The van der Waals surface area contributed by atoms with Crippen LogP contribution >= 0.6 is 30.4 Å². The van der Waals surface area contributed by atoms with Crippen molar-refractivity contribution in [3.63, 3.8) is 0 Å². The topological polar surface area (TPSA) is 80.1 Å². The first kappa shape index (κ1) is 24.9. The van der Waals surface area contributed by atoms with Gasteiger partial charge in [0.2, 0.25) is 0 Å². The van der Waals surface area contributed by atoms with Gasteiger partial charge in [0, 0.05) is 17.1 Å². The van der Waals surface area contributed by atoms with Crippen molar-refractivity contribution in [2.75, 3.05) is 25.6 Å². The molecule has 0 fully saturated rings. The third kappa shape index (κ3) is 7.10. The molecule has 3 aromatic rings. The summed E-state index contributed by atoms with van der Waals surface area (Å²) in [6.45, 7) is 0.686. The van der Waals surface area contributed by atoms with Gasteiger partial charge < -0.3 is 20.5 Å². The van der Waals surface area contributed by atoms with Gasteiger partial charge in [0.1, 0.15) is 18.0 Å². The molecule has 30 heavy (non-hydrogen) atoms. The number of fused-ring (bicyclic) bond motifs is 1. The van der Waals surface area contributed by atoms with Crippen LogP contribution in [-0.4, -0.2) is 30.2 Å². The number of benzene rings is 2. The SMILES string of the molecule is COc1cc2ncnc(Nc3ccc(F)c(Cl)c3)c2cc1OC[CH-]CC[NH-].[Cl][Pt+2][Cl]. The van der Waals surface area contributed by atoms with E-state index in [-0.39, 0.29) is 5.02 Å². The fourth-order valence-corrected chi connectivity index (χ4v) is 2.66. The number of hydrogen-bond acceptors (Lipinski definition) is 5. The number of aromatic nitrogens is 2. The Kier molecular flexibility index (Phi) is 10.9. The first-order chi connectivity index (χ1) is 14.5. The third-order valence-corrected chi connectivity index (χ3v) is 4.10. The van der Waals surface area contributed by atoms with Crippen LogP contribution in [0.3, 0.4) is 0 Å². The van der Waals surface area contributed by atoms with Crippen molar-refractivity contribution in [2.45, 2.75) is 6.42 Å². The Hall–Kier alpha value is -1.37. The molecular weight excluding hydrogens is 637 g/mol. The second-order valence-corrected chi connectivity index (χ2v) is 9.37. The number of nitrogens with one attached hydrogen (secondary N) is 2. The van der Waals surface area contributed by atoms with Gasteiger partial charge in [-0.2, -0.15) is 13.0 Å². The number of nitrogens with zero attached hydrogens (tertiary/aromatic N) is 2. The predicted molar refractivity (Wildman–Crippen MR) is 116 cm³/mol. The van der Waals surface area contributed by atoms with Gasteiger partial charge in [-0.15, -0.1) is 0 Å². The standard InChI is InChI=1S/C19H18ClFN4O2.2ClH.Pt/c1-26-17-10-16-13(9-18(17)27-7-3-2-6-22)19(24-11-23-16)25-12-4-5-15(21)14(20)8-12;;;/h3-5,8-11,22H,2,6-7H2,1H3,(H,23,24,25);2*1H;/q-2;;;+4/p-2. The summed E-state index contributed by atoms with van der Waals surface area (Å²) in [5.74, 6) is 1.14. The molecule has 0 aliphatic heterocycles. The maximum atomic E-state index is 13.4. The van der Waals surface area contributed by atoms with Gasteiger partial charge in [0.25, 0.3) is 0 Å². The monoisotopic (exact) mass is 653 g/mol. The van der Waals surface area contributed by atoms with E-state index >= 15 is 0 Å². The van der Waals surface area contributed by atoms with Crippen LogP contribution in [-0.2, 0) is 16.5 Å². The number of hydrogen-bond donors (Lipinski definition) is 1. The number of unbranched alkanes of at least 4 members (excludes halogenated alkanes) is 1. The van der Waals surface area contributed by atoms with Gasteiger partial charge in [-0.1, -0.05) is 11.6 Å². The zero-order chi connectivity index (χ0) is 21.9. The van der Waals surface area contributed by atoms with E-state index in [9.17, 15) is 4.39 Å². The minimum absolute atomic E-state index is 0.0222. The van der Waals surface area contributed by atoms with Gasteiger partial charge >= 0.3 is 35.3 Å². The van der Waals surface area contributed by atoms with Crippen LogP contribution in [0.2, 0.25) is 5.02 Å². The molecule has 164 valence electrons. The van der Waals surface area contributed by atoms with E-state index in [2.05, 4.69) is 15.3 Å². The van der Waals surface area contributed by atoms with Crippen LogP contribution in [0.1, 0.15) is 6.42 Å². The Morgan fingerprint density at radius 3 is 2.63 bits per heavy atom. The number of halogens is 4. The van der Waals surface area contributed by atoms with Crippen molar-refractivity contribution in [1.29, 1.82) is 0 Å². The minimum atomic E-state index is -0.487. The van der Waals surface area contributed by atoms with Crippen molar-refractivity contribution < 1.29 is 30.3 Å². The molecule has 0 spiro atoms. The molecule has 0 radical (unpaired) electrons. The summed E-state index contributed by atoms with van der Waals surface area (Å²) in [5, 5.41) is 3.86. The zero-order valence-corrected chi connectivity index (χ0v) is 20.2. The Bertz CT molecular complexity index is 968. The van der Waals surface area contributed by atoms with Gasteiger partial charge in [-0.3, -0.25) is 6.42 Å². The van der Waals surface area contributed by atoms with Crippen molar-refractivity contribution in [1.82, 2.24) is 9.97 Å². The average Bonchev–Trinajstić information content (AvgIpc) is 2.74. The molecule has 0 saturated heterocycles. The fraction of sp³-hybridized carbons (Fsp3) is 0.211. The van der Waals surface area contributed by atoms with Crippen molar-refractivity contribution in [3.05, 3.63) is 59.7 Å². The summed E-state index contributed by atoms with van der Waals surface area (Å²) >= 11 is 5.37. The average molecular weight is 655 g/mol. The van der Waals surface area contributed by atoms with Crippen molar-refractivity contribution in [3.8, 4) is 11.5 Å². The van der Waals surface area contributed by atoms with Gasteiger partial charge in [-0.05, 0) is 30.9 Å². The molecule has 0 bridgehead atoms. The quantitative estimate of drug-likeness (QED) is 0.220. The Balaban J connectivity index is 0.00000101. The molecule has 6 nitrogen and oxygen atoms in total. The predicted octanol–water partition coefficient (Wildman–Crippen LogP) is 6.58. The molecule has 0 aliphatic rings. The Morgan fingerprint density at radius 1 is 1.20 bits per heavy atom. The summed E-state index contributed by atoms with van der Waals surface area (Å²) in [4.78, 5) is 8.54. The molecule has 0 aliphatic carbocycles. The van der Waals surface area contributed by atoms with E-state index < -0.39 is 22.3 Å². The summed E-state index contributed by atoms with van der Waals surface area (Å²) in [7, 11) is 11.3. The maximum absolute atomic E-state index is 13.4. The number of methoxy groups -OCH3 is 1. The molecule has 2 N–H and O–H groups in total. The van der Waals surface area contributed by atoms with Gasteiger partial charge in [0.15, 0.2) is 11.5 Å². The van der Waals surface area contributed by atoms with Crippen LogP contribution in [0.15, 0.2) is 36.7 Å². The van der Waals surface area contributed by atoms with E-state index in [1.807, 2.05) is 6.42 Å². The van der Waals surface area contributed by atoms with Crippen LogP contribution in [0.5, 0.6) is 11.5 Å². The zero-order valence-electron chi connectivity index (χ0n) is 15.7. The van der Waals surface area contributed by atoms with Crippen LogP contribution in [0.25, 0.3) is 16.6 Å². The number of ether oxygens (including phenoxy) is 2. The van der Waals surface area contributed by atoms with Crippen molar-refractivity contribution in [2.24, 2.45) is 0 Å². The van der Waals surface area contributed by atoms with Gasteiger partial charge in [0.05, 0.1) is 17.6 Å². The summed E-state index contributed by atoms with van der Waals surface area (Å²) < 4.78 is 24.5. The van der Waals surface area contributed by atoms with Crippen LogP contribution < -0.4 is 14.8 Å². The number of anilines is 2. The van der Waals surface area contributed by atoms with E-state index in [4.69, 9.17) is 45.6 Å². The molecule has 1 aromatic heterocycles. The molecule has 0 atom stereocenters. The number of rotatable bonds is 8. The van der Waals surface area contributed by atoms with E-state index in [1.165, 1.54) is 18.5 Å². The van der Waals surface area contributed by atoms with Crippen LogP contribution in [0, 0.1) is 12.2 Å². The van der Waals surface area contributed by atoms with E-state index in [0.29, 0.717) is 53.5 Å². The summed E-state index contributed by atoms with van der Waals surface area (Å²) in [6, 6.07) is 7.90. The third-order valence-electron chi connectivity index (χ3n) is 3.81. The van der Waals surface area contributed by atoms with E-state index in [1.54, 1.807) is 25.3 Å². The Morgan fingerprint density at radius 2 is 1.97 bits per heavy atom. The normalized spacial score (nSPS) is 10.5. The van der Waals surface area contributed by atoms with Crippen molar-refractivity contribution >= 4 is 52.8 Å². The van der Waals surface area contributed by atoms with Crippen LogP contribution in [0.4, 0.5) is 15.9 Å². The molecule has 11 heteroatoms. The summed E-state index contributed by atoms with van der Waals surface area (Å²) in [6.07, 6.45) is 3.97. The molecule has 0 unspecified atom stereocenters. The second-order valence-electron chi connectivity index (χ2n) is 5.68. The molecule has 0 amide bonds. The molecule has 2 aromatic carbocycles. The molecule has 3 rings (SSSR count). The second kappa shape index (κ2) is 13.1. The van der Waals surface area contributed by atoms with E-state index in [0.717, 1.165) is 0 Å². The molecule has 0 saturated carbocycles.